The van der Waals surface area contributed by atoms with E-state index in [1.807, 2.05) is 0 Å². The number of benzene rings is 1. The Kier molecular flexibility index (Phi) is 2.91. The number of aryl methyl sites for hydroxylation is 1. The zero-order valence-corrected chi connectivity index (χ0v) is 9.09. The summed E-state index contributed by atoms with van der Waals surface area (Å²) in [6.45, 7) is 3.13. The van der Waals surface area contributed by atoms with Crippen LogP contribution in [0.5, 0.6) is 0 Å². The molecule has 0 bridgehead atoms. The molecule has 0 fully saturated rings. The predicted octanol–water partition coefficient (Wildman–Crippen LogP) is 3.06. The smallest absolute Gasteiger partial charge is 0.0710 e. The molecule has 1 aliphatic rings. The molecule has 2 nitrogen and oxygen atoms in total. The van der Waals surface area contributed by atoms with Crippen LogP contribution < -0.4 is 5.32 Å². The molecule has 0 saturated carbocycles. The fourth-order valence-corrected chi connectivity index (χ4v) is 2.11. The fourth-order valence-electron chi connectivity index (χ4n) is 2.11. The summed E-state index contributed by atoms with van der Waals surface area (Å²) in [5, 5.41) is 12.4. The van der Waals surface area contributed by atoms with Crippen molar-refractivity contribution in [3.8, 4) is 6.07 Å². The SMILES string of the molecule is CCC(C#N)c1ccc2c(c1)CCCN2. The molecule has 1 aromatic carbocycles. The van der Waals surface area contributed by atoms with Crippen molar-refractivity contribution in [2.75, 3.05) is 11.9 Å². The lowest BCUT2D eigenvalue weighted by Gasteiger charge is -2.19. The van der Waals surface area contributed by atoms with Crippen LogP contribution in [0.15, 0.2) is 18.2 Å². The first-order valence-electron chi connectivity index (χ1n) is 5.61. The highest BCUT2D eigenvalue weighted by atomic mass is 14.9. The quantitative estimate of drug-likeness (QED) is 0.796. The Morgan fingerprint density at radius 3 is 3.13 bits per heavy atom. The first-order chi connectivity index (χ1) is 7.35. The highest BCUT2D eigenvalue weighted by Gasteiger charge is 2.12. The Balaban J connectivity index is 2.32. The van der Waals surface area contributed by atoms with E-state index in [4.69, 9.17) is 5.26 Å². The third-order valence-corrected chi connectivity index (χ3v) is 3.03. The molecular formula is C13H16N2. The number of hydrogen-bond donors (Lipinski definition) is 1. The van der Waals surface area contributed by atoms with Gasteiger partial charge < -0.3 is 5.32 Å². The first kappa shape index (κ1) is 10.0. The van der Waals surface area contributed by atoms with Gasteiger partial charge in [0.15, 0.2) is 0 Å². The molecule has 78 valence electrons. The van der Waals surface area contributed by atoms with Crippen LogP contribution in [0.3, 0.4) is 0 Å². The standard InChI is InChI=1S/C13H16N2/c1-2-10(9-14)11-5-6-13-12(8-11)4-3-7-15-13/h5-6,8,10,15H,2-4,7H2,1H3. The van der Waals surface area contributed by atoms with E-state index < -0.39 is 0 Å². The number of anilines is 1. The van der Waals surface area contributed by atoms with Crippen molar-refractivity contribution >= 4 is 5.69 Å². The molecule has 0 aliphatic carbocycles. The van der Waals surface area contributed by atoms with Gasteiger partial charge in [-0.15, -0.1) is 0 Å². The second kappa shape index (κ2) is 4.35. The van der Waals surface area contributed by atoms with Crippen molar-refractivity contribution in [2.24, 2.45) is 0 Å². The molecule has 0 amide bonds. The summed E-state index contributed by atoms with van der Waals surface area (Å²) in [5.41, 5.74) is 3.78. The lowest BCUT2D eigenvalue weighted by molar-refractivity contribution is 0.799. The summed E-state index contributed by atoms with van der Waals surface area (Å²) >= 11 is 0. The second-order valence-electron chi connectivity index (χ2n) is 4.04. The minimum absolute atomic E-state index is 0.0530. The van der Waals surface area contributed by atoms with Gasteiger partial charge >= 0.3 is 0 Å². The van der Waals surface area contributed by atoms with Gasteiger partial charge in [0.05, 0.1) is 12.0 Å². The van der Waals surface area contributed by atoms with Gasteiger partial charge in [0, 0.05) is 12.2 Å². The molecule has 1 N–H and O–H groups in total. The monoisotopic (exact) mass is 200 g/mol. The number of nitriles is 1. The molecule has 0 spiro atoms. The van der Waals surface area contributed by atoms with Crippen molar-refractivity contribution < 1.29 is 0 Å². The van der Waals surface area contributed by atoms with Crippen LogP contribution >= 0.6 is 0 Å². The normalized spacial score (nSPS) is 16.0. The molecule has 2 heteroatoms. The maximum Gasteiger partial charge on any atom is 0.0710 e. The third-order valence-electron chi connectivity index (χ3n) is 3.03. The van der Waals surface area contributed by atoms with Crippen molar-refractivity contribution in [3.63, 3.8) is 0 Å². The molecule has 0 saturated heterocycles. The van der Waals surface area contributed by atoms with Crippen LogP contribution in [-0.4, -0.2) is 6.54 Å². The Hall–Kier alpha value is -1.49. The van der Waals surface area contributed by atoms with Crippen molar-refractivity contribution in [2.45, 2.75) is 32.1 Å². The van der Waals surface area contributed by atoms with Crippen LogP contribution in [0.25, 0.3) is 0 Å². The van der Waals surface area contributed by atoms with Crippen molar-refractivity contribution in [3.05, 3.63) is 29.3 Å². The molecule has 0 radical (unpaired) electrons. The summed E-state index contributed by atoms with van der Waals surface area (Å²) < 4.78 is 0. The summed E-state index contributed by atoms with van der Waals surface area (Å²) in [6.07, 6.45) is 3.22. The molecule has 0 aromatic heterocycles. The van der Waals surface area contributed by atoms with Gasteiger partial charge in [0.25, 0.3) is 0 Å². The van der Waals surface area contributed by atoms with E-state index in [0.717, 1.165) is 19.4 Å². The number of rotatable bonds is 2. The summed E-state index contributed by atoms with van der Waals surface area (Å²) in [6, 6.07) is 8.74. The van der Waals surface area contributed by atoms with Gasteiger partial charge in [0.1, 0.15) is 0 Å². The summed E-state index contributed by atoms with van der Waals surface area (Å²) in [4.78, 5) is 0. The molecule has 1 heterocycles. The largest absolute Gasteiger partial charge is 0.385 e. The van der Waals surface area contributed by atoms with E-state index in [0.29, 0.717) is 0 Å². The predicted molar refractivity (Wildman–Crippen MR) is 61.9 cm³/mol. The number of nitrogens with one attached hydrogen (secondary N) is 1. The van der Waals surface area contributed by atoms with Crippen molar-refractivity contribution in [1.29, 1.82) is 5.26 Å². The highest BCUT2D eigenvalue weighted by Crippen LogP contribution is 2.27. The van der Waals surface area contributed by atoms with Gasteiger partial charge in [-0.1, -0.05) is 19.1 Å². The average molecular weight is 200 g/mol. The van der Waals surface area contributed by atoms with Crippen LogP contribution in [0, 0.1) is 11.3 Å². The highest BCUT2D eigenvalue weighted by molar-refractivity contribution is 5.55. The van der Waals surface area contributed by atoms with Gasteiger partial charge in [-0.05, 0) is 36.5 Å². The zero-order chi connectivity index (χ0) is 10.7. The van der Waals surface area contributed by atoms with Crippen LogP contribution in [0.4, 0.5) is 5.69 Å². The molecule has 1 unspecified atom stereocenters. The molecule has 15 heavy (non-hydrogen) atoms. The lowest BCUT2D eigenvalue weighted by Crippen LogP contribution is -2.12. The summed E-state index contributed by atoms with van der Waals surface area (Å²) in [5.74, 6) is 0.0530. The average Bonchev–Trinajstić information content (AvgIpc) is 2.30. The van der Waals surface area contributed by atoms with Crippen LogP contribution in [0.2, 0.25) is 0 Å². The zero-order valence-electron chi connectivity index (χ0n) is 9.09. The minimum atomic E-state index is 0.0530. The Bertz CT molecular complexity index is 390. The van der Waals surface area contributed by atoms with Crippen molar-refractivity contribution in [1.82, 2.24) is 0 Å². The maximum atomic E-state index is 9.02. The number of fused-ring (bicyclic) bond motifs is 1. The molecule has 1 aromatic rings. The topological polar surface area (TPSA) is 35.8 Å². The molecule has 2 rings (SSSR count). The van der Waals surface area contributed by atoms with E-state index in [2.05, 4.69) is 36.5 Å². The van der Waals surface area contributed by atoms with Gasteiger partial charge in [-0.25, -0.2) is 0 Å². The Morgan fingerprint density at radius 1 is 1.53 bits per heavy atom. The fraction of sp³-hybridized carbons (Fsp3) is 0.462. The van der Waals surface area contributed by atoms with E-state index >= 15 is 0 Å². The molecular weight excluding hydrogens is 184 g/mol. The van der Waals surface area contributed by atoms with Crippen LogP contribution in [-0.2, 0) is 6.42 Å². The molecule has 1 aliphatic heterocycles. The van der Waals surface area contributed by atoms with Gasteiger partial charge in [0.2, 0.25) is 0 Å². The van der Waals surface area contributed by atoms with Gasteiger partial charge in [-0.3, -0.25) is 0 Å². The van der Waals surface area contributed by atoms with Gasteiger partial charge in [-0.2, -0.15) is 5.26 Å². The Morgan fingerprint density at radius 2 is 2.40 bits per heavy atom. The maximum absolute atomic E-state index is 9.02. The van der Waals surface area contributed by atoms with E-state index in [9.17, 15) is 0 Å². The number of nitrogens with zero attached hydrogens (tertiary/aromatic N) is 1. The number of hydrogen-bond acceptors (Lipinski definition) is 2. The van der Waals surface area contributed by atoms with E-state index in [1.54, 1.807) is 0 Å². The minimum Gasteiger partial charge on any atom is -0.385 e. The van der Waals surface area contributed by atoms with Crippen LogP contribution in [0.1, 0.15) is 36.8 Å². The van der Waals surface area contributed by atoms with E-state index in [-0.39, 0.29) is 5.92 Å². The lowest BCUT2D eigenvalue weighted by atomic mass is 9.93. The third kappa shape index (κ3) is 1.97. The molecule has 1 atom stereocenters. The van der Waals surface area contributed by atoms with E-state index in [1.165, 1.54) is 23.2 Å². The first-order valence-corrected chi connectivity index (χ1v) is 5.61. The summed E-state index contributed by atoms with van der Waals surface area (Å²) in [7, 11) is 0. The second-order valence-corrected chi connectivity index (χ2v) is 4.04. The Labute approximate surface area is 90.9 Å².